The van der Waals surface area contributed by atoms with Gasteiger partial charge in [-0.25, -0.2) is 0 Å². The number of nitrogens with zero attached hydrogens (tertiary/aromatic N) is 1. The van der Waals surface area contributed by atoms with E-state index in [2.05, 4.69) is 30.2 Å². The highest BCUT2D eigenvalue weighted by Gasteiger charge is 2.23. The van der Waals surface area contributed by atoms with Crippen LogP contribution in [0.2, 0.25) is 5.02 Å². The molecular weight excluding hydrogens is 304 g/mol. The molecule has 3 nitrogen and oxygen atoms in total. The zero-order valence-electron chi connectivity index (χ0n) is 11.8. The van der Waals surface area contributed by atoms with Crippen LogP contribution < -0.4 is 5.32 Å². The van der Waals surface area contributed by atoms with Crippen LogP contribution in [-0.4, -0.2) is 18.2 Å². The van der Waals surface area contributed by atoms with Gasteiger partial charge in [-0.05, 0) is 18.1 Å². The minimum absolute atomic E-state index is 0.0875. The van der Waals surface area contributed by atoms with Crippen LogP contribution in [0.1, 0.15) is 35.8 Å². The number of carbonyl (C=O) groups excluding carboxylic acids is 1. The number of anilines is 1. The minimum atomic E-state index is -0.0875. The second-order valence-corrected chi connectivity index (χ2v) is 6.73. The van der Waals surface area contributed by atoms with Gasteiger partial charge >= 0.3 is 0 Å². The molecule has 3 rings (SSSR count). The number of hydrogen-bond acceptors (Lipinski definition) is 3. The molecule has 0 unspecified atom stereocenters. The van der Waals surface area contributed by atoms with Gasteiger partial charge in [0, 0.05) is 21.0 Å². The molecule has 0 radical (unpaired) electrons. The van der Waals surface area contributed by atoms with Crippen LogP contribution in [-0.2, 0) is 4.79 Å². The lowest BCUT2D eigenvalue weighted by molar-refractivity contribution is -0.114. The van der Waals surface area contributed by atoms with E-state index in [9.17, 15) is 4.79 Å². The molecule has 5 heteroatoms. The number of benzene rings is 1. The van der Waals surface area contributed by atoms with Gasteiger partial charge in [-0.2, -0.15) is 0 Å². The molecule has 108 valence electrons. The Morgan fingerprint density at radius 3 is 2.76 bits per heavy atom. The number of rotatable bonds is 2. The average molecular weight is 319 g/mol. The number of nitrogens with one attached hydrogen (secondary N) is 1. The Balaban J connectivity index is 2.18. The summed E-state index contributed by atoms with van der Waals surface area (Å²) in [5.74, 6) is 0.321. The Morgan fingerprint density at radius 2 is 2.05 bits per heavy atom. The third kappa shape index (κ3) is 2.74. The van der Waals surface area contributed by atoms with Crippen molar-refractivity contribution in [2.75, 3.05) is 11.9 Å². The quantitative estimate of drug-likeness (QED) is 0.880. The second kappa shape index (κ2) is 5.62. The topological polar surface area (TPSA) is 41.5 Å². The number of hydrogen-bond donors (Lipinski definition) is 1. The van der Waals surface area contributed by atoms with Crippen molar-refractivity contribution >= 4 is 39.6 Å². The van der Waals surface area contributed by atoms with E-state index in [1.807, 2.05) is 24.3 Å². The number of carbonyl (C=O) groups is 1. The SMILES string of the molecule is CC(C)c1cc2c(s1)NC(=O)CN=C2c1ccccc1Cl. The predicted octanol–water partition coefficient (Wildman–Crippen LogP) is 4.31. The van der Waals surface area contributed by atoms with E-state index in [0.29, 0.717) is 10.9 Å². The lowest BCUT2D eigenvalue weighted by Gasteiger charge is -2.07. The van der Waals surface area contributed by atoms with E-state index in [-0.39, 0.29) is 12.5 Å². The minimum Gasteiger partial charge on any atom is -0.316 e. The first kappa shape index (κ1) is 14.3. The van der Waals surface area contributed by atoms with Crippen molar-refractivity contribution in [2.24, 2.45) is 4.99 Å². The van der Waals surface area contributed by atoms with Crippen molar-refractivity contribution in [3.05, 3.63) is 51.4 Å². The second-order valence-electron chi connectivity index (χ2n) is 5.24. The number of fused-ring (bicyclic) bond motifs is 1. The molecular formula is C16H15ClN2OS. The summed E-state index contributed by atoms with van der Waals surface area (Å²) in [5.41, 5.74) is 2.62. The maximum atomic E-state index is 11.8. The molecule has 0 spiro atoms. The Labute approximate surface area is 132 Å². The van der Waals surface area contributed by atoms with Crippen molar-refractivity contribution in [1.82, 2.24) is 0 Å². The van der Waals surface area contributed by atoms with Crippen molar-refractivity contribution < 1.29 is 4.79 Å². The molecule has 1 aliphatic heterocycles. The molecule has 1 aliphatic rings. The van der Waals surface area contributed by atoms with Gasteiger partial charge in [0.25, 0.3) is 0 Å². The van der Waals surface area contributed by atoms with Crippen LogP contribution in [0.4, 0.5) is 5.00 Å². The first-order valence-electron chi connectivity index (χ1n) is 6.79. The molecule has 0 aliphatic carbocycles. The van der Waals surface area contributed by atoms with E-state index in [1.54, 1.807) is 11.3 Å². The molecule has 0 bridgehead atoms. The monoisotopic (exact) mass is 318 g/mol. The van der Waals surface area contributed by atoms with E-state index < -0.39 is 0 Å². The van der Waals surface area contributed by atoms with Crippen LogP contribution in [0.5, 0.6) is 0 Å². The van der Waals surface area contributed by atoms with Crippen molar-refractivity contribution in [3.63, 3.8) is 0 Å². The Morgan fingerprint density at radius 1 is 1.29 bits per heavy atom. The standard InChI is InChI=1S/C16H15ClN2OS/c1-9(2)13-7-11-15(10-5-3-4-6-12(10)17)18-8-14(20)19-16(11)21-13/h3-7,9H,8H2,1-2H3,(H,19,20). The Bertz CT molecular complexity index is 734. The highest BCUT2D eigenvalue weighted by Crippen LogP contribution is 2.36. The lowest BCUT2D eigenvalue weighted by atomic mass is 10.0. The van der Waals surface area contributed by atoms with Gasteiger partial charge in [0.2, 0.25) is 5.91 Å². The lowest BCUT2D eigenvalue weighted by Crippen LogP contribution is -2.12. The molecule has 1 aromatic heterocycles. The maximum absolute atomic E-state index is 11.8. The van der Waals surface area contributed by atoms with Crippen LogP contribution in [0.25, 0.3) is 0 Å². The molecule has 21 heavy (non-hydrogen) atoms. The van der Waals surface area contributed by atoms with Crippen LogP contribution in [0, 0.1) is 0 Å². The highest BCUT2D eigenvalue weighted by atomic mass is 35.5. The molecule has 0 fully saturated rings. The maximum Gasteiger partial charge on any atom is 0.246 e. The number of thiophene rings is 1. The summed E-state index contributed by atoms with van der Waals surface area (Å²) in [6, 6.07) is 9.71. The zero-order chi connectivity index (χ0) is 15.0. The molecule has 1 N–H and O–H groups in total. The summed E-state index contributed by atoms with van der Waals surface area (Å²) in [5, 5.41) is 4.45. The summed E-state index contributed by atoms with van der Waals surface area (Å²) < 4.78 is 0. The summed E-state index contributed by atoms with van der Waals surface area (Å²) in [7, 11) is 0. The fourth-order valence-electron chi connectivity index (χ4n) is 2.25. The zero-order valence-corrected chi connectivity index (χ0v) is 13.4. The van der Waals surface area contributed by atoms with E-state index in [0.717, 1.165) is 21.8 Å². The van der Waals surface area contributed by atoms with E-state index in [4.69, 9.17) is 11.6 Å². The largest absolute Gasteiger partial charge is 0.316 e. The van der Waals surface area contributed by atoms with Crippen LogP contribution in [0.15, 0.2) is 35.3 Å². The van der Waals surface area contributed by atoms with Gasteiger partial charge in [0.05, 0.1) is 5.71 Å². The molecule has 0 saturated heterocycles. The Hall–Kier alpha value is -1.65. The summed E-state index contributed by atoms with van der Waals surface area (Å²) >= 11 is 7.91. The Kier molecular flexibility index (Phi) is 3.83. The molecule has 2 heterocycles. The number of halogens is 1. The van der Waals surface area contributed by atoms with Gasteiger partial charge < -0.3 is 5.32 Å². The molecule has 0 atom stereocenters. The fraction of sp³-hybridized carbons (Fsp3) is 0.250. The smallest absolute Gasteiger partial charge is 0.246 e. The third-order valence-electron chi connectivity index (χ3n) is 3.34. The normalized spacial score (nSPS) is 14.5. The molecule has 0 saturated carbocycles. The van der Waals surface area contributed by atoms with E-state index in [1.165, 1.54) is 4.88 Å². The van der Waals surface area contributed by atoms with Gasteiger partial charge in [-0.1, -0.05) is 43.6 Å². The summed E-state index contributed by atoms with van der Waals surface area (Å²) in [4.78, 5) is 17.5. The van der Waals surface area contributed by atoms with Gasteiger partial charge in [-0.3, -0.25) is 9.79 Å². The first-order chi connectivity index (χ1) is 10.1. The van der Waals surface area contributed by atoms with Crippen molar-refractivity contribution in [1.29, 1.82) is 0 Å². The van der Waals surface area contributed by atoms with Gasteiger partial charge in [0.1, 0.15) is 11.5 Å². The van der Waals surface area contributed by atoms with Gasteiger partial charge in [0.15, 0.2) is 0 Å². The van der Waals surface area contributed by atoms with Crippen LogP contribution in [0.3, 0.4) is 0 Å². The van der Waals surface area contributed by atoms with Crippen molar-refractivity contribution in [2.45, 2.75) is 19.8 Å². The third-order valence-corrected chi connectivity index (χ3v) is 5.02. The molecule has 2 aromatic rings. The predicted molar refractivity (Wildman–Crippen MR) is 89.0 cm³/mol. The fourth-order valence-corrected chi connectivity index (χ4v) is 3.55. The molecule has 1 aromatic carbocycles. The summed E-state index contributed by atoms with van der Waals surface area (Å²) in [6.07, 6.45) is 0. The van der Waals surface area contributed by atoms with Crippen LogP contribution >= 0.6 is 22.9 Å². The highest BCUT2D eigenvalue weighted by molar-refractivity contribution is 7.16. The molecule has 1 amide bonds. The number of aliphatic imine (C=N–C) groups is 1. The number of amides is 1. The van der Waals surface area contributed by atoms with Gasteiger partial charge in [-0.15, -0.1) is 11.3 Å². The summed E-state index contributed by atoms with van der Waals surface area (Å²) in [6.45, 7) is 4.40. The van der Waals surface area contributed by atoms with E-state index >= 15 is 0 Å². The first-order valence-corrected chi connectivity index (χ1v) is 7.99. The van der Waals surface area contributed by atoms with Crippen molar-refractivity contribution in [3.8, 4) is 0 Å². The average Bonchev–Trinajstić information content (AvgIpc) is 2.79.